The summed E-state index contributed by atoms with van der Waals surface area (Å²) < 4.78 is 6.11. The summed E-state index contributed by atoms with van der Waals surface area (Å²) in [4.78, 5) is 2.37. The largest absolute Gasteiger partial charge is 0.495 e. The summed E-state index contributed by atoms with van der Waals surface area (Å²) >= 11 is 0. The minimum Gasteiger partial charge on any atom is -0.495 e. The topological polar surface area (TPSA) is 32.7 Å². The van der Waals surface area contributed by atoms with Crippen LogP contribution in [0.5, 0.6) is 0 Å². The molecule has 4 rings (SSSR count). The first-order valence-electron chi connectivity index (χ1n) is 10.5. The Morgan fingerprint density at radius 2 is 1.74 bits per heavy atom. The molecule has 0 radical (unpaired) electrons. The Morgan fingerprint density at radius 3 is 2.48 bits per heavy atom. The first-order valence-corrected chi connectivity index (χ1v) is 10.5. The molecule has 3 aliphatic rings. The number of aliphatic hydroxyl groups is 1. The van der Waals surface area contributed by atoms with Gasteiger partial charge in [-0.15, -0.1) is 0 Å². The lowest BCUT2D eigenvalue weighted by atomic mass is 9.69. The highest BCUT2D eigenvalue weighted by molar-refractivity contribution is 5.46. The number of likely N-dealkylation sites (tertiary alicyclic amines) is 1. The van der Waals surface area contributed by atoms with Gasteiger partial charge in [-0.2, -0.15) is 0 Å². The summed E-state index contributed by atoms with van der Waals surface area (Å²) in [5.41, 5.74) is 6.02. The second kappa shape index (κ2) is 7.81. The van der Waals surface area contributed by atoms with Crippen LogP contribution in [-0.4, -0.2) is 42.4 Å². The summed E-state index contributed by atoms with van der Waals surface area (Å²) in [5, 5.41) is 10.4. The Bertz CT molecular complexity index is 741. The number of rotatable bonds is 5. The first-order chi connectivity index (χ1) is 13.0. The molecular formula is C24H33NO2. The second-order valence-electron chi connectivity index (χ2n) is 9.04. The van der Waals surface area contributed by atoms with E-state index in [4.69, 9.17) is 4.74 Å². The lowest BCUT2D eigenvalue weighted by molar-refractivity contribution is 0.0357. The summed E-state index contributed by atoms with van der Waals surface area (Å²) in [6, 6.07) is 8.81. The van der Waals surface area contributed by atoms with Gasteiger partial charge in [0.15, 0.2) is 0 Å². The van der Waals surface area contributed by atoms with Crippen LogP contribution >= 0.6 is 0 Å². The van der Waals surface area contributed by atoms with Crippen molar-refractivity contribution < 1.29 is 9.84 Å². The van der Waals surface area contributed by atoms with Gasteiger partial charge in [0.2, 0.25) is 0 Å². The predicted octanol–water partition coefficient (Wildman–Crippen LogP) is 4.26. The first kappa shape index (κ1) is 18.8. The molecule has 1 fully saturated rings. The van der Waals surface area contributed by atoms with E-state index in [-0.39, 0.29) is 5.41 Å². The molecule has 2 aliphatic carbocycles. The van der Waals surface area contributed by atoms with Crippen LogP contribution in [-0.2, 0) is 17.6 Å². The number of piperidine rings is 1. The quantitative estimate of drug-likeness (QED) is 0.790. The van der Waals surface area contributed by atoms with Crippen LogP contribution in [0.25, 0.3) is 0 Å². The van der Waals surface area contributed by atoms with E-state index in [0.29, 0.717) is 6.61 Å². The van der Waals surface area contributed by atoms with Gasteiger partial charge >= 0.3 is 0 Å². The van der Waals surface area contributed by atoms with Crippen LogP contribution in [0.1, 0.15) is 50.7 Å². The number of nitrogens with zero attached hydrogens (tertiary/aromatic N) is 1. The molecule has 0 unspecified atom stereocenters. The zero-order valence-electron chi connectivity index (χ0n) is 16.8. The molecule has 27 heavy (non-hydrogen) atoms. The fraction of sp³-hybridized carbons (Fsp3) is 0.583. The molecule has 0 amide bonds. The minimum absolute atomic E-state index is 0.0221. The van der Waals surface area contributed by atoms with Gasteiger partial charge in [0.05, 0.1) is 5.76 Å². The average molecular weight is 368 g/mol. The Morgan fingerprint density at radius 1 is 1.04 bits per heavy atom. The van der Waals surface area contributed by atoms with Gasteiger partial charge in [-0.3, -0.25) is 0 Å². The third kappa shape index (κ3) is 4.30. The van der Waals surface area contributed by atoms with Gasteiger partial charge in [-0.1, -0.05) is 55.7 Å². The van der Waals surface area contributed by atoms with Crippen molar-refractivity contribution in [1.29, 1.82) is 0 Å². The van der Waals surface area contributed by atoms with E-state index in [1.165, 1.54) is 36.0 Å². The van der Waals surface area contributed by atoms with E-state index in [1.54, 1.807) is 5.57 Å². The SMILES string of the molecule is CC1(C)C=C(OC[C@H](O)CN2CCCCC2)CC2=C1Cc1ccccc1C2. The fourth-order valence-corrected chi connectivity index (χ4v) is 4.95. The maximum absolute atomic E-state index is 10.4. The number of ether oxygens (including phenoxy) is 1. The standard InChI is InChI=1S/C24H33NO2/c1-24(2)15-22(27-17-21(26)16-25-10-6-3-7-11-25)13-20-12-18-8-4-5-9-19(18)14-23(20)24/h4-5,8-9,15,21,26H,3,6-7,10-14,16-17H2,1-2H3/t21-/m1/s1. The molecule has 1 heterocycles. The predicted molar refractivity (Wildman–Crippen MR) is 110 cm³/mol. The second-order valence-corrected chi connectivity index (χ2v) is 9.04. The van der Waals surface area contributed by atoms with Gasteiger partial charge in [0, 0.05) is 18.4 Å². The van der Waals surface area contributed by atoms with Crippen molar-refractivity contribution in [2.24, 2.45) is 5.41 Å². The molecule has 1 aliphatic heterocycles. The average Bonchev–Trinajstić information content (AvgIpc) is 2.65. The van der Waals surface area contributed by atoms with Crippen molar-refractivity contribution in [1.82, 2.24) is 4.90 Å². The molecule has 1 atom stereocenters. The molecule has 0 aromatic heterocycles. The number of aliphatic hydroxyl groups excluding tert-OH is 1. The van der Waals surface area contributed by atoms with Crippen molar-refractivity contribution in [3.8, 4) is 0 Å². The molecule has 1 N–H and O–H groups in total. The Hall–Kier alpha value is -1.58. The summed E-state index contributed by atoms with van der Waals surface area (Å²) in [5.74, 6) is 1.04. The van der Waals surface area contributed by atoms with Crippen LogP contribution in [0, 0.1) is 5.41 Å². The van der Waals surface area contributed by atoms with E-state index in [9.17, 15) is 5.11 Å². The lowest BCUT2D eigenvalue weighted by Gasteiger charge is -2.37. The third-order valence-electron chi connectivity index (χ3n) is 6.38. The molecule has 1 saturated heterocycles. The molecule has 1 aromatic carbocycles. The summed E-state index contributed by atoms with van der Waals surface area (Å²) in [6.07, 6.45) is 8.69. The highest BCUT2D eigenvalue weighted by Crippen LogP contribution is 2.44. The number of fused-ring (bicyclic) bond motifs is 1. The third-order valence-corrected chi connectivity index (χ3v) is 6.38. The zero-order chi connectivity index (χ0) is 18.9. The summed E-state index contributed by atoms with van der Waals surface area (Å²) in [7, 11) is 0. The fourth-order valence-electron chi connectivity index (χ4n) is 4.95. The lowest BCUT2D eigenvalue weighted by Crippen LogP contribution is -2.38. The van der Waals surface area contributed by atoms with Crippen LogP contribution in [0.2, 0.25) is 0 Å². The van der Waals surface area contributed by atoms with Crippen LogP contribution in [0.3, 0.4) is 0 Å². The maximum Gasteiger partial charge on any atom is 0.115 e. The van der Waals surface area contributed by atoms with Gasteiger partial charge in [-0.25, -0.2) is 0 Å². The van der Waals surface area contributed by atoms with Crippen LogP contribution in [0.4, 0.5) is 0 Å². The van der Waals surface area contributed by atoms with E-state index in [1.807, 2.05) is 0 Å². The smallest absolute Gasteiger partial charge is 0.115 e. The number of hydrogen-bond acceptors (Lipinski definition) is 3. The van der Waals surface area contributed by atoms with Gasteiger partial charge in [0.25, 0.3) is 0 Å². The molecule has 0 bridgehead atoms. The summed E-state index contributed by atoms with van der Waals surface area (Å²) in [6.45, 7) is 7.95. The molecule has 146 valence electrons. The van der Waals surface area contributed by atoms with E-state index in [0.717, 1.165) is 44.7 Å². The number of benzene rings is 1. The molecule has 1 aromatic rings. The Kier molecular flexibility index (Phi) is 5.43. The Balaban J connectivity index is 1.37. The van der Waals surface area contributed by atoms with Gasteiger partial charge in [-0.05, 0) is 56.0 Å². The molecule has 0 saturated carbocycles. The number of β-amino-alcohol motifs (C(OH)–C–C–N with tert-alkyl or cyclic N) is 1. The number of allylic oxidation sites excluding steroid dienone is 3. The zero-order valence-corrected chi connectivity index (χ0v) is 16.8. The van der Waals surface area contributed by atoms with E-state index in [2.05, 4.69) is 49.1 Å². The van der Waals surface area contributed by atoms with Gasteiger partial charge in [0.1, 0.15) is 12.7 Å². The van der Waals surface area contributed by atoms with Gasteiger partial charge < -0.3 is 14.7 Å². The minimum atomic E-state index is -0.408. The Labute approximate surface area is 163 Å². The van der Waals surface area contributed by atoms with Crippen LogP contribution < -0.4 is 0 Å². The molecule has 3 nitrogen and oxygen atoms in total. The molecule has 0 spiro atoms. The number of hydrogen-bond donors (Lipinski definition) is 1. The maximum atomic E-state index is 10.4. The highest BCUT2D eigenvalue weighted by atomic mass is 16.5. The van der Waals surface area contributed by atoms with E-state index < -0.39 is 6.10 Å². The highest BCUT2D eigenvalue weighted by Gasteiger charge is 2.33. The van der Waals surface area contributed by atoms with Crippen molar-refractivity contribution in [2.75, 3.05) is 26.2 Å². The van der Waals surface area contributed by atoms with Crippen molar-refractivity contribution in [3.05, 3.63) is 58.4 Å². The molecular weight excluding hydrogens is 334 g/mol. The normalized spacial score (nSPS) is 23.3. The monoisotopic (exact) mass is 367 g/mol. The molecule has 3 heteroatoms. The van der Waals surface area contributed by atoms with Crippen molar-refractivity contribution in [2.45, 2.75) is 58.5 Å². The van der Waals surface area contributed by atoms with E-state index >= 15 is 0 Å². The van der Waals surface area contributed by atoms with Crippen molar-refractivity contribution >= 4 is 0 Å². The van der Waals surface area contributed by atoms with Crippen LogP contribution in [0.15, 0.2) is 47.2 Å². The van der Waals surface area contributed by atoms with Crippen molar-refractivity contribution in [3.63, 3.8) is 0 Å².